The number of unbranched alkanes of at least 4 members (excludes halogenated alkanes) is 19. The van der Waals surface area contributed by atoms with Crippen LogP contribution in [-0.4, -0.2) is 87.4 Å². The lowest BCUT2D eigenvalue weighted by molar-refractivity contribution is -0.870. The van der Waals surface area contributed by atoms with Crippen LogP contribution in [0.25, 0.3) is 0 Å². The number of esters is 2. The first-order valence-electron chi connectivity index (χ1n) is 26.8. The van der Waals surface area contributed by atoms with Gasteiger partial charge in [0.15, 0.2) is 6.10 Å². The largest absolute Gasteiger partial charge is 0.477 e. The molecule has 0 saturated carbocycles. The molecule has 0 fully saturated rings. The Kier molecular flexibility index (Phi) is 46.3. The van der Waals surface area contributed by atoms with E-state index in [1.165, 1.54) is 83.5 Å². The summed E-state index contributed by atoms with van der Waals surface area (Å²) >= 11 is 0. The molecule has 0 aliphatic rings. The number of likely N-dealkylation sites (N-methyl/N-ethyl adjacent to an activating group) is 1. The summed E-state index contributed by atoms with van der Waals surface area (Å²) in [4.78, 5) is 37.3. The monoisotopic (exact) mass is 939 g/mol. The zero-order valence-corrected chi connectivity index (χ0v) is 43.5. The molecule has 0 aromatic rings. The van der Waals surface area contributed by atoms with E-state index in [0.29, 0.717) is 17.4 Å². The number of carbonyl (C=O) groups excluding carboxylic acids is 2. The zero-order chi connectivity index (χ0) is 49.2. The van der Waals surface area contributed by atoms with Gasteiger partial charge in [-0.3, -0.25) is 9.59 Å². The molecule has 384 valence electrons. The molecule has 0 aliphatic heterocycles. The Morgan fingerprint density at radius 3 is 1.27 bits per heavy atom. The molecule has 0 aromatic heterocycles. The maximum Gasteiger partial charge on any atom is 0.361 e. The van der Waals surface area contributed by atoms with Gasteiger partial charge in [0, 0.05) is 12.8 Å². The smallest absolute Gasteiger partial charge is 0.361 e. The van der Waals surface area contributed by atoms with Crippen LogP contribution in [0, 0.1) is 0 Å². The molecule has 0 rings (SSSR count). The summed E-state index contributed by atoms with van der Waals surface area (Å²) in [5, 5.41) is 9.68. The van der Waals surface area contributed by atoms with E-state index >= 15 is 0 Å². The minimum Gasteiger partial charge on any atom is -0.477 e. The first kappa shape index (κ1) is 63.5. The number of aliphatic carboxylic acids is 1. The molecule has 0 bridgehead atoms. The van der Waals surface area contributed by atoms with Gasteiger partial charge in [-0.15, -0.1) is 0 Å². The van der Waals surface area contributed by atoms with Gasteiger partial charge in [-0.25, -0.2) is 4.79 Å². The van der Waals surface area contributed by atoms with E-state index in [2.05, 4.69) is 98.9 Å². The Hall–Kier alpha value is -3.53. The molecule has 0 amide bonds. The van der Waals surface area contributed by atoms with Crippen LogP contribution >= 0.6 is 0 Å². The molecule has 9 heteroatoms. The summed E-state index contributed by atoms with van der Waals surface area (Å²) in [6.45, 7) is 4.72. The lowest BCUT2D eigenvalue weighted by atomic mass is 10.1. The van der Waals surface area contributed by atoms with Crippen molar-refractivity contribution in [2.45, 2.75) is 219 Å². The van der Waals surface area contributed by atoms with Gasteiger partial charge >= 0.3 is 17.9 Å². The summed E-state index contributed by atoms with van der Waals surface area (Å²) in [5.41, 5.74) is 0. The number of hydrogen-bond donors (Lipinski definition) is 1. The van der Waals surface area contributed by atoms with Gasteiger partial charge in [-0.05, 0) is 89.9 Å². The maximum atomic E-state index is 12.8. The zero-order valence-electron chi connectivity index (χ0n) is 43.5. The number of ether oxygens (including phenoxy) is 4. The van der Waals surface area contributed by atoms with E-state index in [4.69, 9.17) is 18.9 Å². The number of nitrogens with zero attached hydrogens (tertiary/aromatic N) is 1. The summed E-state index contributed by atoms with van der Waals surface area (Å²) in [7, 11) is 5.95. The second-order valence-corrected chi connectivity index (χ2v) is 18.8. The standard InChI is InChI=1S/C58H99NO8/c1-6-8-10-12-14-16-18-20-22-24-26-28-30-32-34-36-38-40-42-44-46-48-55(60)65-52-54(53-66-58(57(62)63)64-51-50-59(3,4)5)67-56(61)49-47-45-43-41-39-37-35-33-31-29-27-25-23-21-19-17-15-13-11-9-7-2/h9,11,15,17-18,20-21,23-24,26-27,29,33,35,54,58H,6-8,10,12-14,16,19,22,25,28,30-32,34,36-53H2,1-5H3/p+1/b11-9-,17-15-,20-18-,23-21-,26-24-,29-27-,35-33-. The minimum absolute atomic E-state index is 0.178. The van der Waals surface area contributed by atoms with E-state index in [1.54, 1.807) is 0 Å². The Labute approximate surface area is 410 Å². The third-order valence-corrected chi connectivity index (χ3v) is 11.1. The van der Waals surface area contributed by atoms with Crippen molar-refractivity contribution in [2.75, 3.05) is 47.5 Å². The van der Waals surface area contributed by atoms with Gasteiger partial charge in [0.2, 0.25) is 0 Å². The minimum atomic E-state index is -1.52. The molecule has 0 saturated heterocycles. The number of carbonyl (C=O) groups is 3. The highest BCUT2D eigenvalue weighted by atomic mass is 16.7. The Balaban J connectivity index is 4.38. The van der Waals surface area contributed by atoms with E-state index in [-0.39, 0.29) is 38.6 Å². The molecule has 1 N–H and O–H groups in total. The molecule has 0 radical (unpaired) electrons. The van der Waals surface area contributed by atoms with Crippen LogP contribution in [0.2, 0.25) is 0 Å². The van der Waals surface area contributed by atoms with Gasteiger partial charge in [0.05, 0.1) is 34.4 Å². The fourth-order valence-electron chi connectivity index (χ4n) is 7.01. The number of hydrogen-bond acceptors (Lipinski definition) is 7. The fraction of sp³-hybridized carbons (Fsp3) is 0.707. The topological polar surface area (TPSA) is 108 Å². The van der Waals surface area contributed by atoms with E-state index in [0.717, 1.165) is 89.9 Å². The van der Waals surface area contributed by atoms with Crippen LogP contribution in [0.4, 0.5) is 0 Å². The number of allylic oxidation sites excluding steroid dienone is 14. The summed E-state index contributed by atoms with van der Waals surface area (Å²) in [6, 6.07) is 0. The third kappa shape index (κ3) is 50.2. The highest BCUT2D eigenvalue weighted by Crippen LogP contribution is 2.14. The number of carboxylic acids is 1. The molecule has 9 nitrogen and oxygen atoms in total. The van der Waals surface area contributed by atoms with Crippen LogP contribution in [0.1, 0.15) is 206 Å². The summed E-state index contributed by atoms with van der Waals surface area (Å²) in [5.74, 6) is -2.04. The van der Waals surface area contributed by atoms with Crippen LogP contribution < -0.4 is 0 Å². The number of carboxylic acid groups (broad SMARTS) is 1. The van der Waals surface area contributed by atoms with Gasteiger partial charge < -0.3 is 28.5 Å². The molecule has 67 heavy (non-hydrogen) atoms. The average molecular weight is 939 g/mol. The Morgan fingerprint density at radius 2 is 0.851 bits per heavy atom. The average Bonchev–Trinajstić information content (AvgIpc) is 3.29. The van der Waals surface area contributed by atoms with Gasteiger partial charge in [0.25, 0.3) is 6.29 Å². The molecular formula is C58H100NO8+. The van der Waals surface area contributed by atoms with Crippen molar-refractivity contribution in [1.82, 2.24) is 0 Å². The molecule has 2 unspecified atom stereocenters. The predicted molar refractivity (Wildman–Crippen MR) is 281 cm³/mol. The second kappa shape index (κ2) is 48.9. The van der Waals surface area contributed by atoms with Crippen molar-refractivity contribution >= 4 is 17.9 Å². The molecule has 0 aromatic carbocycles. The van der Waals surface area contributed by atoms with Gasteiger partial charge in [0.1, 0.15) is 13.2 Å². The highest BCUT2D eigenvalue weighted by molar-refractivity contribution is 5.71. The van der Waals surface area contributed by atoms with Crippen molar-refractivity contribution in [3.63, 3.8) is 0 Å². The number of quaternary nitrogens is 1. The molecule has 2 atom stereocenters. The molecule has 0 heterocycles. The first-order chi connectivity index (χ1) is 32.6. The predicted octanol–water partition coefficient (Wildman–Crippen LogP) is 15.2. The molecule has 0 spiro atoms. The van der Waals surface area contributed by atoms with Gasteiger partial charge in [-0.1, -0.05) is 189 Å². The summed E-state index contributed by atoms with van der Waals surface area (Å²) in [6.07, 6.45) is 60.7. The van der Waals surface area contributed by atoms with Crippen LogP contribution in [-0.2, 0) is 33.3 Å². The van der Waals surface area contributed by atoms with Crippen LogP contribution in [0.15, 0.2) is 85.1 Å². The third-order valence-electron chi connectivity index (χ3n) is 11.1. The molecular weight excluding hydrogens is 839 g/mol. The van der Waals surface area contributed by atoms with Gasteiger partial charge in [-0.2, -0.15) is 0 Å². The van der Waals surface area contributed by atoms with Crippen LogP contribution in [0.5, 0.6) is 0 Å². The normalized spacial score (nSPS) is 13.5. The lowest BCUT2D eigenvalue weighted by Crippen LogP contribution is -2.40. The van der Waals surface area contributed by atoms with E-state index in [1.807, 2.05) is 21.1 Å². The number of rotatable bonds is 48. The van der Waals surface area contributed by atoms with Crippen molar-refractivity contribution < 1.29 is 42.9 Å². The van der Waals surface area contributed by atoms with Crippen molar-refractivity contribution in [2.24, 2.45) is 0 Å². The summed E-state index contributed by atoms with van der Waals surface area (Å²) < 4.78 is 22.8. The van der Waals surface area contributed by atoms with E-state index < -0.39 is 24.3 Å². The maximum absolute atomic E-state index is 12.8. The fourth-order valence-corrected chi connectivity index (χ4v) is 7.01. The Morgan fingerprint density at radius 1 is 0.463 bits per heavy atom. The van der Waals surface area contributed by atoms with Crippen LogP contribution in [0.3, 0.4) is 0 Å². The second-order valence-electron chi connectivity index (χ2n) is 18.8. The SMILES string of the molecule is CC/C=C\C/C=C\C/C=C\C/C=C\C/C=C\CCCCCCCC(=O)OC(COC(=O)CCCCCCCCCCC/C=C\C/C=C\CCCCCCC)COC(OCC[N+](C)(C)C)C(=O)O. The highest BCUT2D eigenvalue weighted by Gasteiger charge is 2.25. The quantitative estimate of drug-likeness (QED) is 0.0211. The lowest BCUT2D eigenvalue weighted by Gasteiger charge is -2.25. The van der Waals surface area contributed by atoms with E-state index in [9.17, 15) is 19.5 Å². The first-order valence-corrected chi connectivity index (χ1v) is 26.8. The van der Waals surface area contributed by atoms with Crippen molar-refractivity contribution in [1.29, 1.82) is 0 Å². The molecule has 0 aliphatic carbocycles. The van der Waals surface area contributed by atoms with Crippen molar-refractivity contribution in [3.8, 4) is 0 Å². The Bertz CT molecular complexity index is 1370. The van der Waals surface area contributed by atoms with Crippen molar-refractivity contribution in [3.05, 3.63) is 85.1 Å².